The fraction of sp³-hybridized carbons (Fsp3) is 0.444. The number of carboxylic acid groups (broad SMARTS) is 1. The molecule has 0 bridgehead atoms. The second-order valence-corrected chi connectivity index (χ2v) is 4.66. The average Bonchev–Trinajstić information content (AvgIpc) is 2.52. The van der Waals surface area contributed by atoms with Crippen LogP contribution in [0.1, 0.15) is 24.3 Å². The first-order valence-corrected chi connectivity index (χ1v) is 6.03. The van der Waals surface area contributed by atoms with Crippen molar-refractivity contribution in [3.8, 4) is 0 Å². The molecule has 0 radical (unpaired) electrons. The first-order valence-electron chi connectivity index (χ1n) is 4.36. The number of halogens is 1. The molecule has 1 rings (SSSR count). The summed E-state index contributed by atoms with van der Waals surface area (Å²) in [6.07, 6.45) is 0.923. The first kappa shape index (κ1) is 11.7. The summed E-state index contributed by atoms with van der Waals surface area (Å²) in [5, 5.41) is 13.9. The van der Waals surface area contributed by atoms with E-state index in [1.807, 2.05) is 18.4 Å². The van der Waals surface area contributed by atoms with Crippen molar-refractivity contribution in [1.29, 1.82) is 0 Å². The Bertz CT molecular complexity index is 314. The summed E-state index contributed by atoms with van der Waals surface area (Å²) < 4.78 is 0.860. The van der Waals surface area contributed by atoms with Crippen LogP contribution >= 0.6 is 27.3 Å². The van der Waals surface area contributed by atoms with Gasteiger partial charge in [0.1, 0.15) is 6.04 Å². The van der Waals surface area contributed by atoms with Gasteiger partial charge in [0.15, 0.2) is 0 Å². The Labute approximate surface area is 95.3 Å². The Morgan fingerprint density at radius 2 is 2.50 bits per heavy atom. The summed E-state index contributed by atoms with van der Waals surface area (Å²) >= 11 is 4.78. The van der Waals surface area contributed by atoms with Crippen molar-refractivity contribution >= 4 is 33.2 Å². The monoisotopic (exact) mass is 277 g/mol. The Morgan fingerprint density at radius 3 is 2.93 bits per heavy atom. The van der Waals surface area contributed by atoms with Crippen molar-refractivity contribution in [1.82, 2.24) is 5.32 Å². The van der Waals surface area contributed by atoms with Gasteiger partial charge in [0.2, 0.25) is 0 Å². The van der Waals surface area contributed by atoms with E-state index in [4.69, 9.17) is 5.11 Å². The van der Waals surface area contributed by atoms with E-state index in [0.717, 1.165) is 15.8 Å². The number of aliphatic carboxylic acids is 1. The maximum Gasteiger partial charge on any atom is 0.326 e. The maximum atomic E-state index is 11.0. The fourth-order valence-corrected chi connectivity index (χ4v) is 2.76. The molecule has 0 aliphatic heterocycles. The summed E-state index contributed by atoms with van der Waals surface area (Å²) in [6, 6.07) is 1.27. The predicted molar refractivity (Wildman–Crippen MR) is 60.7 cm³/mol. The number of carboxylic acids is 1. The van der Waals surface area contributed by atoms with Gasteiger partial charge < -0.3 is 10.4 Å². The van der Waals surface area contributed by atoms with E-state index in [1.165, 1.54) is 11.3 Å². The van der Waals surface area contributed by atoms with Crippen molar-refractivity contribution in [2.24, 2.45) is 0 Å². The average molecular weight is 278 g/mol. The van der Waals surface area contributed by atoms with Crippen LogP contribution in [0.25, 0.3) is 0 Å². The molecule has 14 heavy (non-hydrogen) atoms. The summed E-state index contributed by atoms with van der Waals surface area (Å²) in [7, 11) is 0. The topological polar surface area (TPSA) is 49.3 Å². The number of thiophene rings is 1. The highest BCUT2D eigenvalue weighted by Gasteiger charge is 2.22. The highest BCUT2D eigenvalue weighted by molar-refractivity contribution is 9.10. The van der Waals surface area contributed by atoms with Crippen molar-refractivity contribution in [2.75, 3.05) is 6.54 Å². The lowest BCUT2D eigenvalue weighted by atomic mass is 10.2. The van der Waals surface area contributed by atoms with E-state index < -0.39 is 12.0 Å². The number of rotatable bonds is 5. The highest BCUT2D eigenvalue weighted by atomic mass is 79.9. The van der Waals surface area contributed by atoms with Crippen LogP contribution in [0.15, 0.2) is 15.9 Å². The third-order valence-corrected chi connectivity index (χ3v) is 3.69. The molecule has 0 amide bonds. The molecule has 3 nitrogen and oxygen atoms in total. The molecule has 0 aliphatic rings. The molecule has 2 N–H and O–H groups in total. The van der Waals surface area contributed by atoms with E-state index in [2.05, 4.69) is 21.2 Å². The summed E-state index contributed by atoms with van der Waals surface area (Å²) in [6.45, 7) is 2.72. The molecule has 0 saturated heterocycles. The van der Waals surface area contributed by atoms with Gasteiger partial charge in [0, 0.05) is 9.35 Å². The Morgan fingerprint density at radius 1 is 1.79 bits per heavy atom. The third-order valence-electron chi connectivity index (χ3n) is 1.75. The quantitative estimate of drug-likeness (QED) is 0.870. The third kappa shape index (κ3) is 2.80. The van der Waals surface area contributed by atoms with Crippen molar-refractivity contribution < 1.29 is 9.90 Å². The summed E-state index contributed by atoms with van der Waals surface area (Å²) in [4.78, 5) is 11.8. The Hall–Kier alpha value is -0.390. The van der Waals surface area contributed by atoms with Crippen LogP contribution in [0.4, 0.5) is 0 Å². The lowest BCUT2D eigenvalue weighted by molar-refractivity contribution is -0.139. The maximum absolute atomic E-state index is 11.0. The lowest BCUT2D eigenvalue weighted by Crippen LogP contribution is -2.28. The molecule has 1 aromatic heterocycles. The van der Waals surface area contributed by atoms with Crippen LogP contribution in [0.3, 0.4) is 0 Å². The van der Waals surface area contributed by atoms with Gasteiger partial charge >= 0.3 is 5.97 Å². The zero-order valence-electron chi connectivity index (χ0n) is 7.79. The minimum atomic E-state index is -0.832. The highest BCUT2D eigenvalue weighted by Crippen LogP contribution is 2.29. The molecule has 1 aromatic rings. The normalized spacial score (nSPS) is 12.7. The van der Waals surface area contributed by atoms with Crippen LogP contribution in [-0.4, -0.2) is 17.6 Å². The minimum Gasteiger partial charge on any atom is -0.480 e. The van der Waals surface area contributed by atoms with E-state index in [0.29, 0.717) is 6.54 Å². The molecule has 0 aromatic carbocycles. The number of hydrogen-bond donors (Lipinski definition) is 2. The molecule has 1 atom stereocenters. The first-order chi connectivity index (χ1) is 6.66. The molecule has 0 aliphatic carbocycles. The van der Waals surface area contributed by atoms with Gasteiger partial charge in [-0.1, -0.05) is 6.92 Å². The van der Waals surface area contributed by atoms with Crippen molar-refractivity contribution in [3.05, 3.63) is 20.8 Å². The molecule has 0 fully saturated rings. The van der Waals surface area contributed by atoms with Crippen molar-refractivity contribution in [3.63, 3.8) is 0 Å². The summed E-state index contributed by atoms with van der Waals surface area (Å²) in [5.74, 6) is -0.832. The molecular formula is C9H12BrNO2S. The van der Waals surface area contributed by atoms with Gasteiger partial charge in [-0.15, -0.1) is 11.3 Å². The van der Waals surface area contributed by atoms with Gasteiger partial charge in [-0.25, -0.2) is 0 Å². The van der Waals surface area contributed by atoms with Gasteiger partial charge in [-0.05, 0) is 40.3 Å². The van der Waals surface area contributed by atoms with Crippen molar-refractivity contribution in [2.45, 2.75) is 19.4 Å². The molecule has 1 unspecified atom stereocenters. The van der Waals surface area contributed by atoms with E-state index in [9.17, 15) is 4.79 Å². The van der Waals surface area contributed by atoms with Gasteiger partial charge in [-0.3, -0.25) is 4.79 Å². The van der Waals surface area contributed by atoms with Gasteiger partial charge in [0.05, 0.1) is 0 Å². The number of hydrogen-bond acceptors (Lipinski definition) is 3. The van der Waals surface area contributed by atoms with Crippen LogP contribution in [0, 0.1) is 0 Å². The molecule has 5 heteroatoms. The SMILES string of the molecule is CCCNC(C(=O)O)c1sccc1Br. The Kier molecular flexibility index (Phi) is 4.57. The predicted octanol–water partition coefficient (Wildman–Crippen LogP) is 2.64. The molecule has 78 valence electrons. The minimum absolute atomic E-state index is 0.593. The lowest BCUT2D eigenvalue weighted by Gasteiger charge is -2.12. The number of nitrogens with one attached hydrogen (secondary N) is 1. The van der Waals surface area contributed by atoms with Gasteiger partial charge in [-0.2, -0.15) is 0 Å². The number of carbonyl (C=O) groups is 1. The van der Waals surface area contributed by atoms with Gasteiger partial charge in [0.25, 0.3) is 0 Å². The Balaban J connectivity index is 2.78. The fourth-order valence-electron chi connectivity index (χ4n) is 1.09. The summed E-state index contributed by atoms with van der Waals surface area (Å²) in [5.41, 5.74) is 0. The zero-order chi connectivity index (χ0) is 10.6. The zero-order valence-corrected chi connectivity index (χ0v) is 10.2. The van der Waals surface area contributed by atoms with Crippen LogP contribution in [0.5, 0.6) is 0 Å². The molecular weight excluding hydrogens is 266 g/mol. The second kappa shape index (κ2) is 5.48. The van der Waals surface area contributed by atoms with E-state index in [1.54, 1.807) is 0 Å². The van der Waals surface area contributed by atoms with E-state index >= 15 is 0 Å². The van der Waals surface area contributed by atoms with Crippen LogP contribution < -0.4 is 5.32 Å². The molecule has 1 heterocycles. The smallest absolute Gasteiger partial charge is 0.326 e. The standard InChI is InChI=1S/C9H12BrNO2S/c1-2-4-11-7(9(12)13)8-6(10)3-5-14-8/h3,5,7,11H,2,4H2,1H3,(H,12,13). The second-order valence-electron chi connectivity index (χ2n) is 2.86. The van der Waals surface area contributed by atoms with E-state index in [-0.39, 0.29) is 0 Å². The molecule has 0 spiro atoms. The largest absolute Gasteiger partial charge is 0.480 e. The van der Waals surface area contributed by atoms with Crippen LogP contribution in [0.2, 0.25) is 0 Å². The van der Waals surface area contributed by atoms with Crippen LogP contribution in [-0.2, 0) is 4.79 Å². The molecule has 0 saturated carbocycles.